The number of rotatable bonds is 9. The average Bonchev–Trinajstić information content (AvgIpc) is 2.57. The molecule has 0 fully saturated rings. The van der Waals surface area contributed by atoms with Gasteiger partial charge in [-0.2, -0.15) is 13.2 Å². The molecule has 0 saturated heterocycles. The van der Waals surface area contributed by atoms with Gasteiger partial charge in [0.2, 0.25) is 0 Å². The Morgan fingerprint density at radius 1 is 1.07 bits per heavy atom. The minimum Gasteiger partial charge on any atom is -0.295 e. The number of Topliss-reactive ketones (excluding diaryl/α,β-unsaturated/α-hetero) is 2. The van der Waals surface area contributed by atoms with Crippen LogP contribution in [0, 0.1) is 5.92 Å². The number of hydrogen-bond donors (Lipinski definition) is 0. The van der Waals surface area contributed by atoms with Crippen molar-refractivity contribution >= 4 is 27.5 Å². The van der Waals surface area contributed by atoms with Gasteiger partial charge in [0.1, 0.15) is 0 Å². The van der Waals surface area contributed by atoms with Crippen molar-refractivity contribution in [1.29, 1.82) is 0 Å². The zero-order valence-corrected chi connectivity index (χ0v) is 18.4. The molecule has 0 N–H and O–H groups in total. The molecule has 0 saturated carbocycles. The third-order valence-electron chi connectivity index (χ3n) is 4.39. The number of ketones is 2. The summed E-state index contributed by atoms with van der Waals surface area (Å²) in [6.45, 7) is 14.9. The molecule has 0 heterocycles. The molecular weight excluding hydrogens is 433 g/mol. The van der Waals surface area contributed by atoms with Crippen molar-refractivity contribution in [2.24, 2.45) is 5.92 Å². The molecule has 0 aliphatic heterocycles. The minimum atomic E-state index is -4.54. The SMILES string of the molecule is C=CCC(=C\C=C(/C(=C)Br)C(F)(F)F)/C=C(\C)C(C)C(=O)/C(C)=C(/C)C(C)=O. The van der Waals surface area contributed by atoms with Crippen LogP contribution in [-0.4, -0.2) is 17.7 Å². The van der Waals surface area contributed by atoms with Gasteiger partial charge in [0.15, 0.2) is 11.6 Å². The van der Waals surface area contributed by atoms with Gasteiger partial charge in [0.05, 0.1) is 5.57 Å². The lowest BCUT2D eigenvalue weighted by Gasteiger charge is -2.14. The number of hydrogen-bond acceptors (Lipinski definition) is 2. The van der Waals surface area contributed by atoms with Crippen molar-refractivity contribution in [2.45, 2.75) is 47.2 Å². The molecule has 0 aromatic carbocycles. The summed E-state index contributed by atoms with van der Waals surface area (Å²) in [4.78, 5) is 24.1. The number of halogens is 4. The van der Waals surface area contributed by atoms with Crippen LogP contribution in [0.1, 0.15) is 41.0 Å². The van der Waals surface area contributed by atoms with E-state index in [0.29, 0.717) is 28.7 Å². The Kier molecular flexibility index (Phi) is 10.4. The van der Waals surface area contributed by atoms with E-state index < -0.39 is 17.7 Å². The Labute approximate surface area is 173 Å². The predicted molar refractivity (Wildman–Crippen MR) is 112 cm³/mol. The summed E-state index contributed by atoms with van der Waals surface area (Å²) in [7, 11) is 0. The Balaban J connectivity index is 5.96. The van der Waals surface area contributed by atoms with Crippen LogP contribution in [-0.2, 0) is 9.59 Å². The van der Waals surface area contributed by atoms with E-state index in [1.165, 1.54) is 13.0 Å². The minimum absolute atomic E-state index is 0.174. The third-order valence-corrected chi connectivity index (χ3v) is 4.82. The molecule has 0 amide bonds. The van der Waals surface area contributed by atoms with Crippen LogP contribution in [0.15, 0.2) is 69.8 Å². The fraction of sp³-hybridized carbons (Fsp3) is 0.364. The molecule has 2 nitrogen and oxygen atoms in total. The fourth-order valence-corrected chi connectivity index (χ4v) is 2.63. The summed E-state index contributed by atoms with van der Waals surface area (Å²) in [5, 5.41) is 0. The van der Waals surface area contributed by atoms with E-state index in [1.54, 1.807) is 39.8 Å². The molecule has 0 spiro atoms. The van der Waals surface area contributed by atoms with E-state index in [4.69, 9.17) is 0 Å². The molecule has 1 atom stereocenters. The van der Waals surface area contributed by atoms with E-state index in [2.05, 4.69) is 29.1 Å². The largest absolute Gasteiger partial charge is 0.417 e. The molecule has 28 heavy (non-hydrogen) atoms. The first-order valence-corrected chi connectivity index (χ1v) is 9.37. The topological polar surface area (TPSA) is 34.1 Å². The van der Waals surface area contributed by atoms with Crippen LogP contribution in [0.25, 0.3) is 0 Å². The lowest BCUT2D eigenvalue weighted by atomic mass is 9.89. The van der Waals surface area contributed by atoms with E-state index in [9.17, 15) is 22.8 Å². The second-order valence-corrected chi connectivity index (χ2v) is 7.46. The molecular formula is C22H26BrF3O2. The first-order chi connectivity index (χ1) is 12.7. The van der Waals surface area contributed by atoms with Gasteiger partial charge in [-0.15, -0.1) is 6.58 Å². The average molecular weight is 459 g/mol. The van der Waals surface area contributed by atoms with Gasteiger partial charge in [-0.05, 0) is 56.9 Å². The normalized spacial score (nSPS) is 15.7. The van der Waals surface area contributed by atoms with E-state index in [0.717, 1.165) is 6.08 Å². The van der Waals surface area contributed by atoms with Crippen molar-refractivity contribution in [1.82, 2.24) is 0 Å². The van der Waals surface area contributed by atoms with Crippen molar-refractivity contribution in [3.63, 3.8) is 0 Å². The number of alkyl halides is 3. The Morgan fingerprint density at radius 3 is 2.00 bits per heavy atom. The van der Waals surface area contributed by atoms with Gasteiger partial charge < -0.3 is 0 Å². The molecule has 0 aromatic rings. The molecule has 1 unspecified atom stereocenters. The maximum Gasteiger partial charge on any atom is 0.417 e. The lowest BCUT2D eigenvalue weighted by molar-refractivity contribution is -0.119. The molecule has 0 aliphatic rings. The predicted octanol–water partition coefficient (Wildman–Crippen LogP) is 6.96. The first kappa shape index (κ1) is 26.1. The van der Waals surface area contributed by atoms with Gasteiger partial charge in [0.25, 0.3) is 0 Å². The Hall–Kier alpha value is -1.95. The zero-order valence-electron chi connectivity index (χ0n) is 16.8. The van der Waals surface area contributed by atoms with Crippen LogP contribution >= 0.6 is 15.9 Å². The first-order valence-electron chi connectivity index (χ1n) is 8.58. The highest BCUT2D eigenvalue weighted by molar-refractivity contribution is 9.11. The summed E-state index contributed by atoms with van der Waals surface area (Å²) < 4.78 is 38.8. The quantitative estimate of drug-likeness (QED) is 0.212. The molecule has 6 heteroatoms. The second-order valence-electron chi connectivity index (χ2n) is 6.50. The Morgan fingerprint density at radius 2 is 1.61 bits per heavy atom. The molecule has 0 rings (SSSR count). The summed E-state index contributed by atoms with van der Waals surface area (Å²) in [6, 6.07) is 0. The van der Waals surface area contributed by atoms with Crippen molar-refractivity contribution in [3.05, 3.63) is 69.8 Å². The van der Waals surface area contributed by atoms with Crippen LogP contribution in [0.4, 0.5) is 13.2 Å². The molecule has 0 bridgehead atoms. The number of carbonyl (C=O) groups excluding carboxylic acids is 2. The summed E-state index contributed by atoms with van der Waals surface area (Å²) in [5.74, 6) is -0.883. The van der Waals surface area contributed by atoms with Gasteiger partial charge in [-0.3, -0.25) is 9.59 Å². The van der Waals surface area contributed by atoms with Crippen molar-refractivity contribution < 1.29 is 22.8 Å². The summed E-state index contributed by atoms with van der Waals surface area (Å²) in [5.41, 5.74) is 1.14. The number of carbonyl (C=O) groups is 2. The van der Waals surface area contributed by atoms with E-state index in [-0.39, 0.29) is 16.0 Å². The molecule has 154 valence electrons. The van der Waals surface area contributed by atoms with E-state index in [1.807, 2.05) is 0 Å². The third kappa shape index (κ3) is 7.97. The molecule has 0 aliphatic carbocycles. The van der Waals surface area contributed by atoms with Crippen LogP contribution in [0.3, 0.4) is 0 Å². The van der Waals surface area contributed by atoms with Gasteiger partial charge in [-0.25, -0.2) is 0 Å². The molecule has 0 aromatic heterocycles. The van der Waals surface area contributed by atoms with E-state index >= 15 is 0 Å². The standard InChI is InChI=1S/C22H26BrF3O2/c1-8-9-19(10-11-20(17(6)23)22(24,25)26)12-13(2)14(3)21(28)16(5)15(4)18(7)27/h8,10-12,14H,1,6,9H2,2-5,7H3/b13-12+,16-15-,19-10+,20-11+. The highest BCUT2D eigenvalue weighted by Gasteiger charge is 2.34. The van der Waals surface area contributed by atoms with Crippen molar-refractivity contribution in [3.8, 4) is 0 Å². The van der Waals surface area contributed by atoms with Crippen LogP contribution < -0.4 is 0 Å². The molecule has 0 radical (unpaired) electrons. The highest BCUT2D eigenvalue weighted by Crippen LogP contribution is 2.33. The summed E-state index contributed by atoms with van der Waals surface area (Å²) in [6.07, 6.45) is 1.30. The Bertz CT molecular complexity index is 778. The summed E-state index contributed by atoms with van der Waals surface area (Å²) >= 11 is 2.78. The van der Waals surface area contributed by atoms with Crippen LogP contribution in [0.2, 0.25) is 0 Å². The smallest absolute Gasteiger partial charge is 0.295 e. The van der Waals surface area contributed by atoms with Crippen LogP contribution in [0.5, 0.6) is 0 Å². The lowest BCUT2D eigenvalue weighted by Crippen LogP contribution is -2.16. The maximum atomic E-state index is 13.0. The monoisotopic (exact) mass is 458 g/mol. The number of allylic oxidation sites excluding steroid dienone is 10. The second kappa shape index (κ2) is 11.1. The highest BCUT2D eigenvalue weighted by atomic mass is 79.9. The van der Waals surface area contributed by atoms with Gasteiger partial charge in [-0.1, -0.05) is 53.2 Å². The zero-order chi connectivity index (χ0) is 22.2. The van der Waals surface area contributed by atoms with Gasteiger partial charge in [0, 0.05) is 10.4 Å². The van der Waals surface area contributed by atoms with Crippen molar-refractivity contribution in [2.75, 3.05) is 0 Å². The fourth-order valence-electron chi connectivity index (χ4n) is 2.27. The van der Waals surface area contributed by atoms with Gasteiger partial charge >= 0.3 is 6.18 Å². The maximum absolute atomic E-state index is 13.0.